The van der Waals surface area contributed by atoms with E-state index in [1.807, 2.05) is 27.7 Å². The molecule has 2 rings (SSSR count). The van der Waals surface area contributed by atoms with Crippen LogP contribution in [0.5, 0.6) is 11.5 Å². The summed E-state index contributed by atoms with van der Waals surface area (Å²) in [6.07, 6.45) is 0.683. The van der Waals surface area contributed by atoms with Gasteiger partial charge < -0.3 is 16.8 Å². The smallest absolute Gasteiger partial charge is 0.161 e. The third-order valence-corrected chi connectivity index (χ3v) is 3.93. The van der Waals surface area contributed by atoms with E-state index >= 15 is 0 Å². The Bertz CT molecular complexity index is 721. The quantitative estimate of drug-likeness (QED) is 0.422. The van der Waals surface area contributed by atoms with Crippen LogP contribution in [0.25, 0.3) is 10.9 Å². The average Bonchev–Trinajstić information content (AvgIpc) is 2.56. The Hall–Kier alpha value is -1.19. The van der Waals surface area contributed by atoms with Gasteiger partial charge in [0, 0.05) is 32.5 Å². The summed E-state index contributed by atoms with van der Waals surface area (Å²) in [7, 11) is 1.48. The number of fused-ring (bicyclic) bond motifs is 1. The Morgan fingerprint density at radius 2 is 1.85 bits per heavy atom. The van der Waals surface area contributed by atoms with Gasteiger partial charge in [0.25, 0.3) is 0 Å². The largest absolute Gasteiger partial charge is 0.504 e. The van der Waals surface area contributed by atoms with Crippen LogP contribution >= 0.6 is 11.6 Å². The molecule has 0 bridgehead atoms. The fraction of sp³-hybridized carbons (Fsp3) is 0.474. The summed E-state index contributed by atoms with van der Waals surface area (Å²) in [5, 5.41) is 10.6. The molecule has 1 aromatic carbocycles. The SMILES string of the molecule is CC.COc1cc2c(Cl)nc(C)nc2cc1O.[CH2-]CC(C)(C)C(C)=O.[W]. The molecule has 26 heavy (non-hydrogen) atoms. The first-order valence-corrected chi connectivity index (χ1v) is 8.51. The van der Waals surface area contributed by atoms with Crippen molar-refractivity contribution in [1.29, 1.82) is 0 Å². The molecule has 5 nitrogen and oxygen atoms in total. The molecule has 1 aromatic heterocycles. The van der Waals surface area contributed by atoms with Gasteiger partial charge in [0.15, 0.2) is 11.5 Å². The van der Waals surface area contributed by atoms with Gasteiger partial charge in [-0.25, -0.2) is 9.97 Å². The van der Waals surface area contributed by atoms with E-state index in [0.717, 1.165) is 0 Å². The zero-order chi connectivity index (χ0) is 19.8. The maximum atomic E-state index is 10.7. The Kier molecular flexibility index (Phi) is 12.7. The first-order valence-electron chi connectivity index (χ1n) is 8.13. The fourth-order valence-electron chi connectivity index (χ4n) is 1.56. The number of ketones is 1. The van der Waals surface area contributed by atoms with Gasteiger partial charge in [0.2, 0.25) is 0 Å². The molecule has 0 spiro atoms. The van der Waals surface area contributed by atoms with Gasteiger partial charge in [-0.2, -0.15) is 6.42 Å². The second kappa shape index (κ2) is 12.2. The number of halogens is 1. The van der Waals surface area contributed by atoms with Crippen LogP contribution < -0.4 is 4.74 Å². The van der Waals surface area contributed by atoms with E-state index in [9.17, 15) is 9.90 Å². The molecular weight excluding hydrogens is 524 g/mol. The van der Waals surface area contributed by atoms with Gasteiger partial charge in [0.1, 0.15) is 16.8 Å². The van der Waals surface area contributed by atoms with E-state index in [1.54, 1.807) is 19.9 Å². The minimum atomic E-state index is -0.208. The summed E-state index contributed by atoms with van der Waals surface area (Å²) in [5.74, 6) is 1.18. The first-order chi connectivity index (χ1) is 11.6. The molecule has 0 fully saturated rings. The molecular formula is C19H28ClN2O3W-. The van der Waals surface area contributed by atoms with E-state index in [4.69, 9.17) is 16.3 Å². The van der Waals surface area contributed by atoms with E-state index < -0.39 is 0 Å². The molecule has 1 N–H and O–H groups in total. The number of phenols is 1. The number of methoxy groups -OCH3 is 1. The van der Waals surface area contributed by atoms with Crippen molar-refractivity contribution >= 4 is 28.3 Å². The van der Waals surface area contributed by atoms with Crippen LogP contribution in [-0.2, 0) is 25.9 Å². The molecule has 0 amide bonds. The van der Waals surface area contributed by atoms with Gasteiger partial charge in [-0.3, -0.25) is 4.79 Å². The molecule has 0 atom stereocenters. The molecule has 1 heterocycles. The number of phenolic OH excluding ortho intramolecular Hbond substituents is 1. The van der Waals surface area contributed by atoms with Crippen molar-refractivity contribution in [2.45, 2.75) is 48.0 Å². The van der Waals surface area contributed by atoms with Crippen LogP contribution in [0.1, 0.15) is 46.9 Å². The van der Waals surface area contributed by atoms with Crippen molar-refractivity contribution in [3.05, 3.63) is 30.0 Å². The predicted octanol–water partition coefficient (Wildman–Crippen LogP) is 5.16. The molecule has 0 unspecified atom stereocenters. The van der Waals surface area contributed by atoms with Crippen LogP contribution in [0.2, 0.25) is 5.15 Å². The maximum absolute atomic E-state index is 10.7. The van der Waals surface area contributed by atoms with Crippen molar-refractivity contribution in [1.82, 2.24) is 9.97 Å². The van der Waals surface area contributed by atoms with E-state index in [-0.39, 0.29) is 38.0 Å². The number of rotatable bonds is 3. The maximum Gasteiger partial charge on any atom is 0.161 e. The monoisotopic (exact) mass is 551 g/mol. The van der Waals surface area contributed by atoms with Gasteiger partial charge >= 0.3 is 0 Å². The third-order valence-electron chi connectivity index (χ3n) is 3.64. The Morgan fingerprint density at radius 1 is 1.31 bits per heavy atom. The summed E-state index contributed by atoms with van der Waals surface area (Å²) in [6.45, 7) is 14.8. The molecule has 0 aliphatic heterocycles. The number of nitrogens with zero attached hydrogens (tertiary/aromatic N) is 2. The number of aromatic hydroxyl groups is 1. The number of carbonyl (C=O) groups is 1. The topological polar surface area (TPSA) is 72.3 Å². The summed E-state index contributed by atoms with van der Waals surface area (Å²) in [6, 6.07) is 3.13. The number of hydrogen-bond acceptors (Lipinski definition) is 5. The predicted molar refractivity (Wildman–Crippen MR) is 103 cm³/mol. The number of benzene rings is 1. The second-order valence-electron chi connectivity index (χ2n) is 5.79. The molecule has 0 saturated carbocycles. The molecule has 2 aromatic rings. The van der Waals surface area contributed by atoms with Gasteiger partial charge in [0.05, 0.1) is 12.6 Å². The number of Topliss-reactive ketones (excluding diaryl/α,β-unsaturated/α-hetero) is 1. The number of aromatic nitrogens is 2. The van der Waals surface area contributed by atoms with Crippen molar-refractivity contribution in [2.24, 2.45) is 5.41 Å². The molecule has 0 aliphatic carbocycles. The minimum Gasteiger partial charge on any atom is -0.504 e. The van der Waals surface area contributed by atoms with E-state index in [2.05, 4.69) is 16.9 Å². The molecule has 0 radical (unpaired) electrons. The minimum absolute atomic E-state index is 0. The summed E-state index contributed by atoms with van der Waals surface area (Å²) in [5.41, 5.74) is 0.394. The second-order valence-corrected chi connectivity index (χ2v) is 6.15. The Balaban J connectivity index is 0. The summed E-state index contributed by atoms with van der Waals surface area (Å²) >= 11 is 5.96. The van der Waals surface area contributed by atoms with Crippen LogP contribution in [0.15, 0.2) is 12.1 Å². The zero-order valence-corrected chi connectivity index (χ0v) is 20.2. The molecule has 7 heteroatoms. The fourth-order valence-corrected chi connectivity index (χ4v) is 1.83. The molecule has 0 saturated heterocycles. The van der Waals surface area contributed by atoms with E-state index in [1.165, 1.54) is 13.2 Å². The Labute approximate surface area is 175 Å². The van der Waals surface area contributed by atoms with Gasteiger partial charge in [-0.05, 0) is 25.3 Å². The van der Waals surface area contributed by atoms with Crippen molar-refractivity contribution < 1.29 is 35.7 Å². The first kappa shape index (κ1) is 27.0. The van der Waals surface area contributed by atoms with Gasteiger partial charge in [-0.1, -0.05) is 39.3 Å². The normalized spacial score (nSPS) is 9.88. The number of ether oxygens (including phenoxy) is 1. The average molecular weight is 552 g/mol. The van der Waals surface area contributed by atoms with Crippen molar-refractivity contribution in [2.75, 3.05) is 7.11 Å². The number of hydrogen-bond donors (Lipinski definition) is 1. The van der Waals surface area contributed by atoms with Crippen molar-refractivity contribution in [3.63, 3.8) is 0 Å². The number of carbonyl (C=O) groups excluding carboxylic acids is 1. The zero-order valence-electron chi connectivity index (χ0n) is 16.5. The van der Waals surface area contributed by atoms with Gasteiger partial charge in [-0.15, -0.1) is 0 Å². The van der Waals surface area contributed by atoms with E-state index in [0.29, 0.717) is 34.1 Å². The standard InChI is InChI=1S/C10H9ClN2O2.C7H13O.C2H6.W/c1-5-12-7-4-8(14)9(15-2)3-6(7)10(11)13-5;1-5-7(3,4)6(2)8;1-2;/h3-4,14H,1-2H3;1,5H2,2-4H3;1-2H3;/q;-1;;. The summed E-state index contributed by atoms with van der Waals surface area (Å²) in [4.78, 5) is 18.8. The molecule has 0 aliphatic rings. The summed E-state index contributed by atoms with van der Waals surface area (Å²) < 4.78 is 4.97. The number of aryl methyl sites for hydroxylation is 1. The third kappa shape index (κ3) is 7.59. The molecule has 146 valence electrons. The van der Waals surface area contributed by atoms with Crippen LogP contribution in [-0.4, -0.2) is 28.0 Å². The van der Waals surface area contributed by atoms with Crippen LogP contribution in [0.4, 0.5) is 0 Å². The van der Waals surface area contributed by atoms with Crippen LogP contribution in [0.3, 0.4) is 0 Å². The van der Waals surface area contributed by atoms with Crippen molar-refractivity contribution in [3.8, 4) is 11.5 Å². The Morgan fingerprint density at radius 3 is 2.23 bits per heavy atom. The van der Waals surface area contributed by atoms with Crippen LogP contribution in [0, 0.1) is 19.3 Å².